The Kier molecular flexibility index (Phi) is 9.29. The van der Waals surface area contributed by atoms with Gasteiger partial charge in [0.25, 0.3) is 5.01 Å². The molecule has 0 saturated carbocycles. The number of ether oxygens (including phenoxy) is 1. The zero-order chi connectivity index (χ0) is 31.4. The lowest BCUT2D eigenvalue weighted by Gasteiger charge is -2.30. The maximum absolute atomic E-state index is 6.29. The SMILES string of the molecule is C=CSc1ccc2sc(C=C3C=C(C=CC=CC=C4Oc5ccc(-c6ccccc6)cc5N4CCC)CC(C)(C)C3)[n+](C)c2c1. The number of fused-ring (bicyclic) bond motifs is 2. The minimum absolute atomic E-state index is 0.206. The highest BCUT2D eigenvalue weighted by molar-refractivity contribution is 8.02. The second kappa shape index (κ2) is 13.5. The highest BCUT2D eigenvalue weighted by Gasteiger charge is 2.27. The first kappa shape index (κ1) is 30.9. The fraction of sp³-hybridized carbons (Fsp3) is 0.225. The Bertz CT molecular complexity index is 1870. The van der Waals surface area contributed by atoms with E-state index in [2.05, 4.69) is 153 Å². The van der Waals surface area contributed by atoms with Crippen molar-refractivity contribution >= 4 is 45.1 Å². The fourth-order valence-electron chi connectivity index (χ4n) is 6.18. The number of nitrogens with zero attached hydrogens (tertiary/aromatic N) is 2. The molecule has 0 spiro atoms. The van der Waals surface area contributed by atoms with Crippen molar-refractivity contribution in [3.8, 4) is 16.9 Å². The van der Waals surface area contributed by atoms with Crippen molar-refractivity contribution in [1.82, 2.24) is 0 Å². The van der Waals surface area contributed by atoms with Crippen molar-refractivity contribution in [3.63, 3.8) is 0 Å². The lowest BCUT2D eigenvalue weighted by molar-refractivity contribution is -0.642. The van der Waals surface area contributed by atoms with Gasteiger partial charge in [-0.1, -0.05) is 117 Å². The third-order valence-corrected chi connectivity index (χ3v) is 10.0. The Hall–Kier alpha value is -4.06. The standard InChI is InChI=1S/C40H41N2OS2/c1-6-22-42-34-25-32(31-15-11-9-12-16-31)18-20-36(34)43-38(42)17-13-8-10-14-29-23-30(28-40(3,4)27-29)24-39-41(5)35-26-33(44-7-2)19-21-37(35)45-39/h7-21,23-26H,2,6,22,27-28H2,1,3-5H3/q+1. The van der Waals surface area contributed by atoms with Crippen molar-refractivity contribution < 1.29 is 9.30 Å². The van der Waals surface area contributed by atoms with E-state index < -0.39 is 0 Å². The van der Waals surface area contributed by atoms with E-state index in [0.29, 0.717) is 0 Å². The molecule has 1 aliphatic heterocycles. The van der Waals surface area contributed by atoms with Crippen molar-refractivity contribution in [2.75, 3.05) is 11.4 Å². The average molecular weight is 630 g/mol. The van der Waals surface area contributed by atoms with Crippen LogP contribution in [0.2, 0.25) is 0 Å². The van der Waals surface area contributed by atoms with Crippen LogP contribution in [-0.4, -0.2) is 6.54 Å². The van der Waals surface area contributed by atoms with Crippen LogP contribution in [-0.2, 0) is 7.05 Å². The van der Waals surface area contributed by atoms with Gasteiger partial charge in [0.15, 0.2) is 5.75 Å². The average Bonchev–Trinajstić information content (AvgIpc) is 3.52. The van der Waals surface area contributed by atoms with Crippen LogP contribution in [0.25, 0.3) is 27.4 Å². The molecule has 2 aliphatic rings. The summed E-state index contributed by atoms with van der Waals surface area (Å²) in [5.74, 6) is 1.78. The van der Waals surface area contributed by atoms with Crippen LogP contribution in [0.4, 0.5) is 5.69 Å². The Morgan fingerprint density at radius 2 is 1.84 bits per heavy atom. The number of thiazole rings is 1. The molecule has 5 heteroatoms. The third kappa shape index (κ3) is 7.11. The van der Waals surface area contributed by atoms with Gasteiger partial charge in [-0.25, -0.2) is 0 Å². The van der Waals surface area contributed by atoms with Gasteiger partial charge in [0.2, 0.25) is 11.4 Å². The summed E-state index contributed by atoms with van der Waals surface area (Å²) >= 11 is 3.52. The molecule has 3 nitrogen and oxygen atoms in total. The highest BCUT2D eigenvalue weighted by Crippen LogP contribution is 2.42. The van der Waals surface area contributed by atoms with Gasteiger partial charge >= 0.3 is 0 Å². The molecule has 0 bridgehead atoms. The van der Waals surface area contributed by atoms with Crippen LogP contribution in [0.5, 0.6) is 5.75 Å². The Balaban J connectivity index is 1.19. The summed E-state index contributed by atoms with van der Waals surface area (Å²) in [6.07, 6.45) is 18.6. The molecule has 0 fully saturated rings. The molecule has 228 valence electrons. The molecule has 1 aliphatic carbocycles. The summed E-state index contributed by atoms with van der Waals surface area (Å²) < 4.78 is 9.91. The zero-order valence-electron chi connectivity index (χ0n) is 26.6. The minimum atomic E-state index is 0.206. The molecule has 2 heterocycles. The van der Waals surface area contributed by atoms with Crippen LogP contribution in [0.3, 0.4) is 0 Å². The topological polar surface area (TPSA) is 16.4 Å². The van der Waals surface area contributed by atoms with Crippen LogP contribution in [0.1, 0.15) is 45.0 Å². The third-order valence-electron chi connectivity index (χ3n) is 8.16. The smallest absolute Gasteiger partial charge is 0.262 e. The highest BCUT2D eigenvalue weighted by atomic mass is 32.2. The summed E-state index contributed by atoms with van der Waals surface area (Å²) in [5, 5.41) is 3.16. The molecule has 0 atom stereocenters. The largest absolute Gasteiger partial charge is 0.439 e. The minimum Gasteiger partial charge on any atom is -0.439 e. The molecule has 3 aromatic carbocycles. The first-order valence-electron chi connectivity index (χ1n) is 15.6. The summed E-state index contributed by atoms with van der Waals surface area (Å²) in [7, 11) is 2.17. The fourth-order valence-corrected chi connectivity index (χ4v) is 7.80. The molecule has 6 rings (SSSR count). The summed E-state index contributed by atoms with van der Waals surface area (Å²) in [6, 6.07) is 23.7. The number of thioether (sulfide) groups is 1. The Labute approximate surface area is 276 Å². The van der Waals surface area contributed by atoms with Gasteiger partial charge in [-0.2, -0.15) is 4.57 Å². The molecular formula is C40H41N2OS2+. The molecular weight excluding hydrogens is 589 g/mol. The van der Waals surface area contributed by atoms with Crippen LogP contribution >= 0.6 is 23.1 Å². The number of allylic oxidation sites excluding steroid dienone is 8. The van der Waals surface area contributed by atoms with Gasteiger partial charge in [-0.15, -0.1) is 0 Å². The van der Waals surface area contributed by atoms with Crippen LogP contribution in [0.15, 0.2) is 137 Å². The van der Waals surface area contributed by atoms with Crippen LogP contribution < -0.4 is 14.2 Å². The number of benzene rings is 3. The van der Waals surface area contributed by atoms with Gasteiger partial charge in [-0.05, 0) is 82.7 Å². The zero-order valence-corrected chi connectivity index (χ0v) is 28.3. The number of aryl methyl sites for hydroxylation is 1. The van der Waals surface area contributed by atoms with Gasteiger partial charge in [-0.3, -0.25) is 0 Å². The Morgan fingerprint density at radius 3 is 2.64 bits per heavy atom. The molecule has 0 N–H and O–H groups in total. The van der Waals surface area contributed by atoms with Crippen molar-refractivity contribution in [3.05, 3.63) is 137 Å². The van der Waals surface area contributed by atoms with Crippen molar-refractivity contribution in [2.24, 2.45) is 12.5 Å². The summed E-state index contributed by atoms with van der Waals surface area (Å²) in [5.41, 5.74) is 7.75. The van der Waals surface area contributed by atoms with Gasteiger partial charge in [0, 0.05) is 23.6 Å². The predicted molar refractivity (Wildman–Crippen MR) is 195 cm³/mol. The molecule has 45 heavy (non-hydrogen) atoms. The molecule has 0 saturated heterocycles. The van der Waals surface area contributed by atoms with Crippen LogP contribution in [0, 0.1) is 5.41 Å². The number of rotatable bonds is 9. The molecule has 1 aromatic heterocycles. The van der Waals surface area contributed by atoms with Crippen molar-refractivity contribution in [1.29, 1.82) is 0 Å². The number of hydrogen-bond donors (Lipinski definition) is 0. The maximum Gasteiger partial charge on any atom is 0.262 e. The first-order valence-corrected chi connectivity index (χ1v) is 17.3. The van der Waals surface area contributed by atoms with E-state index in [-0.39, 0.29) is 5.41 Å². The van der Waals surface area contributed by atoms with Gasteiger partial charge < -0.3 is 9.64 Å². The molecule has 0 amide bonds. The summed E-state index contributed by atoms with van der Waals surface area (Å²) in [4.78, 5) is 3.51. The Morgan fingerprint density at radius 1 is 1.00 bits per heavy atom. The first-order chi connectivity index (χ1) is 21.8. The normalized spacial score (nSPS) is 17.9. The van der Waals surface area contributed by atoms with E-state index >= 15 is 0 Å². The van der Waals surface area contributed by atoms with Crippen molar-refractivity contribution in [2.45, 2.75) is 44.9 Å². The molecule has 0 radical (unpaired) electrons. The maximum atomic E-state index is 6.29. The predicted octanol–water partition coefficient (Wildman–Crippen LogP) is 11.0. The second-order valence-electron chi connectivity index (χ2n) is 12.4. The van der Waals surface area contributed by atoms with Gasteiger partial charge in [0.05, 0.1) is 5.69 Å². The molecule has 0 unspecified atom stereocenters. The van der Waals surface area contributed by atoms with E-state index in [1.807, 2.05) is 16.7 Å². The van der Waals surface area contributed by atoms with E-state index in [9.17, 15) is 0 Å². The molecule has 4 aromatic rings. The van der Waals surface area contributed by atoms with Gasteiger partial charge in [0.1, 0.15) is 11.7 Å². The van der Waals surface area contributed by atoms with E-state index in [4.69, 9.17) is 4.74 Å². The quantitative estimate of drug-likeness (QED) is 0.104. The second-order valence-corrected chi connectivity index (χ2v) is 14.5. The van der Waals surface area contributed by atoms with E-state index in [1.54, 1.807) is 11.8 Å². The number of anilines is 1. The van der Waals surface area contributed by atoms with E-state index in [0.717, 1.165) is 43.1 Å². The summed E-state index contributed by atoms with van der Waals surface area (Å²) in [6.45, 7) is 11.7. The van der Waals surface area contributed by atoms with E-state index in [1.165, 1.54) is 42.4 Å². The lowest BCUT2D eigenvalue weighted by Crippen LogP contribution is -2.29. The monoisotopic (exact) mass is 629 g/mol. The lowest BCUT2D eigenvalue weighted by atomic mass is 9.75. The number of aromatic nitrogens is 1. The number of hydrogen-bond acceptors (Lipinski definition) is 4.